The van der Waals surface area contributed by atoms with Crippen LogP contribution in [0.15, 0.2) is 69.9 Å². The van der Waals surface area contributed by atoms with Crippen molar-refractivity contribution < 1.29 is 18.7 Å². The highest BCUT2D eigenvalue weighted by Crippen LogP contribution is 2.33. The van der Waals surface area contributed by atoms with E-state index in [4.69, 9.17) is 13.9 Å². The molecule has 0 fully saturated rings. The fourth-order valence-electron chi connectivity index (χ4n) is 4.13. The number of fused-ring (bicyclic) bond motifs is 1. The molecule has 0 N–H and O–H groups in total. The molecule has 0 unspecified atom stereocenters. The lowest BCUT2D eigenvalue weighted by atomic mass is 9.87. The van der Waals surface area contributed by atoms with Crippen LogP contribution < -0.4 is 14.9 Å². The maximum Gasteiger partial charge on any atom is 0.314 e. The zero-order valence-corrected chi connectivity index (χ0v) is 21.7. The Balaban J connectivity index is 1.58. The molecule has 36 heavy (non-hydrogen) atoms. The molecule has 5 nitrogen and oxygen atoms in total. The van der Waals surface area contributed by atoms with Crippen molar-refractivity contribution in [2.24, 2.45) is 0 Å². The fraction of sp³-hybridized carbons (Fsp3) is 0.290. The van der Waals surface area contributed by atoms with Crippen molar-refractivity contribution in [3.05, 3.63) is 93.1 Å². The molecule has 0 amide bonds. The molecule has 0 radical (unpaired) electrons. The van der Waals surface area contributed by atoms with Gasteiger partial charge in [0.1, 0.15) is 11.3 Å². The van der Waals surface area contributed by atoms with Gasteiger partial charge in [-0.2, -0.15) is 0 Å². The summed E-state index contributed by atoms with van der Waals surface area (Å²) in [6.07, 6.45) is -0.0152. The Morgan fingerprint density at radius 2 is 1.56 bits per heavy atom. The van der Waals surface area contributed by atoms with Crippen molar-refractivity contribution in [3.63, 3.8) is 0 Å². The molecule has 0 spiro atoms. The van der Waals surface area contributed by atoms with Gasteiger partial charge in [-0.25, -0.2) is 0 Å². The largest absolute Gasteiger partial charge is 0.493 e. The Morgan fingerprint density at radius 1 is 0.889 bits per heavy atom. The van der Waals surface area contributed by atoms with Crippen LogP contribution in [0.5, 0.6) is 11.5 Å². The molecular weight excluding hydrogens is 452 g/mol. The minimum atomic E-state index is -0.564. The van der Waals surface area contributed by atoms with Crippen LogP contribution in [0.25, 0.3) is 22.3 Å². The van der Waals surface area contributed by atoms with E-state index in [1.165, 1.54) is 5.56 Å². The molecule has 0 aliphatic rings. The first-order valence-corrected chi connectivity index (χ1v) is 12.1. The minimum absolute atomic E-state index is 0.0152. The summed E-state index contributed by atoms with van der Waals surface area (Å²) in [6.45, 7) is 12.3. The first-order chi connectivity index (χ1) is 17.0. The topological polar surface area (TPSA) is 65.7 Å². The van der Waals surface area contributed by atoms with Gasteiger partial charge in [0.2, 0.25) is 11.2 Å². The van der Waals surface area contributed by atoms with Gasteiger partial charge in [-0.15, -0.1) is 0 Å². The second-order valence-electron chi connectivity index (χ2n) is 10.3. The van der Waals surface area contributed by atoms with Gasteiger partial charge >= 0.3 is 5.97 Å². The third kappa shape index (κ3) is 5.51. The maximum absolute atomic E-state index is 13.5. The van der Waals surface area contributed by atoms with Gasteiger partial charge in [-0.1, -0.05) is 68.8 Å². The number of ether oxygens (including phenoxy) is 2. The third-order valence-electron chi connectivity index (χ3n) is 6.12. The summed E-state index contributed by atoms with van der Waals surface area (Å²) in [7, 11) is 0. The molecule has 0 atom stereocenters. The summed E-state index contributed by atoms with van der Waals surface area (Å²) in [4.78, 5) is 26.3. The highest BCUT2D eigenvalue weighted by Gasteiger charge is 2.22. The maximum atomic E-state index is 13.5. The molecule has 0 saturated carbocycles. The van der Waals surface area contributed by atoms with Crippen molar-refractivity contribution in [2.75, 3.05) is 6.61 Å². The number of benzene rings is 3. The molecule has 3 aromatic carbocycles. The Morgan fingerprint density at radius 3 is 2.19 bits per heavy atom. The molecule has 0 bridgehead atoms. The lowest BCUT2D eigenvalue weighted by Crippen LogP contribution is -2.18. The van der Waals surface area contributed by atoms with E-state index in [-0.39, 0.29) is 35.4 Å². The molecule has 0 saturated heterocycles. The summed E-state index contributed by atoms with van der Waals surface area (Å²) in [5.74, 6) is 0.251. The fourth-order valence-corrected chi connectivity index (χ4v) is 4.13. The van der Waals surface area contributed by atoms with Crippen molar-refractivity contribution in [1.82, 2.24) is 0 Å². The first-order valence-electron chi connectivity index (χ1n) is 12.1. The van der Waals surface area contributed by atoms with E-state index in [1.807, 2.05) is 81.4 Å². The molecule has 0 aliphatic carbocycles. The summed E-state index contributed by atoms with van der Waals surface area (Å²) in [5, 5.41) is 0.412. The summed E-state index contributed by atoms with van der Waals surface area (Å²) in [5.41, 5.74) is 4.84. The minimum Gasteiger partial charge on any atom is -0.493 e. The normalized spacial score (nSPS) is 11.5. The van der Waals surface area contributed by atoms with Crippen molar-refractivity contribution in [1.29, 1.82) is 0 Å². The van der Waals surface area contributed by atoms with Crippen LogP contribution in [0, 0.1) is 20.8 Å². The Labute approximate surface area is 211 Å². The Kier molecular flexibility index (Phi) is 7.02. The number of carbonyl (C=O) groups excluding carboxylic acids is 1. The van der Waals surface area contributed by atoms with E-state index in [9.17, 15) is 9.59 Å². The van der Waals surface area contributed by atoms with E-state index in [2.05, 4.69) is 20.8 Å². The number of hydrogen-bond acceptors (Lipinski definition) is 5. The summed E-state index contributed by atoms with van der Waals surface area (Å²) in [6, 6.07) is 19.1. The van der Waals surface area contributed by atoms with Crippen LogP contribution >= 0.6 is 0 Å². The van der Waals surface area contributed by atoms with Crippen molar-refractivity contribution in [3.8, 4) is 22.8 Å². The van der Waals surface area contributed by atoms with Crippen LogP contribution in [0.3, 0.4) is 0 Å². The van der Waals surface area contributed by atoms with Crippen LogP contribution in [0.2, 0.25) is 0 Å². The van der Waals surface area contributed by atoms with Crippen molar-refractivity contribution >= 4 is 16.9 Å². The third-order valence-corrected chi connectivity index (χ3v) is 6.12. The quantitative estimate of drug-likeness (QED) is 0.274. The molecule has 1 aromatic heterocycles. The lowest BCUT2D eigenvalue weighted by Gasteiger charge is -2.19. The van der Waals surface area contributed by atoms with Gasteiger partial charge in [0.25, 0.3) is 0 Å². The standard InChI is InChI=1S/C31H32O5/c1-19-7-9-22(10-8-19)29-30(28(33)27-21(3)17-20(2)18-25(27)35-29)36-26(32)15-16-34-24-13-11-23(12-14-24)31(4,5)6/h7-14,17-18H,15-16H2,1-6H3. The monoisotopic (exact) mass is 484 g/mol. The van der Waals surface area contributed by atoms with Crippen LogP contribution in [0.1, 0.15) is 49.4 Å². The Hall–Kier alpha value is -3.86. The molecule has 4 aromatic rings. The van der Waals surface area contributed by atoms with Gasteiger partial charge in [0, 0.05) is 5.56 Å². The zero-order chi connectivity index (χ0) is 26.0. The highest BCUT2D eigenvalue weighted by molar-refractivity contribution is 5.87. The average Bonchev–Trinajstić information content (AvgIpc) is 2.80. The lowest BCUT2D eigenvalue weighted by molar-refractivity contribution is -0.135. The van der Waals surface area contributed by atoms with Gasteiger partial charge in [-0.05, 0) is 61.1 Å². The number of aryl methyl sites for hydroxylation is 3. The van der Waals surface area contributed by atoms with E-state index >= 15 is 0 Å². The summed E-state index contributed by atoms with van der Waals surface area (Å²) >= 11 is 0. The average molecular weight is 485 g/mol. The van der Waals surface area contributed by atoms with Crippen molar-refractivity contribution in [2.45, 2.75) is 53.4 Å². The first kappa shape index (κ1) is 25.2. The number of esters is 1. The zero-order valence-electron chi connectivity index (χ0n) is 21.7. The van der Waals surface area contributed by atoms with E-state index in [0.29, 0.717) is 22.3 Å². The predicted molar refractivity (Wildman–Crippen MR) is 143 cm³/mol. The van der Waals surface area contributed by atoms with Gasteiger partial charge in [0.05, 0.1) is 18.4 Å². The molecule has 0 aliphatic heterocycles. The summed E-state index contributed by atoms with van der Waals surface area (Å²) < 4.78 is 17.5. The number of hydrogen-bond donors (Lipinski definition) is 0. The number of rotatable bonds is 6. The van der Waals surface area contributed by atoms with Crippen LogP contribution in [-0.2, 0) is 10.2 Å². The van der Waals surface area contributed by atoms with Gasteiger partial charge in [-0.3, -0.25) is 9.59 Å². The van der Waals surface area contributed by atoms with Gasteiger partial charge < -0.3 is 13.9 Å². The van der Waals surface area contributed by atoms with E-state index in [0.717, 1.165) is 16.7 Å². The van der Waals surface area contributed by atoms with E-state index < -0.39 is 5.97 Å². The second kappa shape index (κ2) is 10.0. The van der Waals surface area contributed by atoms with Crippen LogP contribution in [0.4, 0.5) is 0 Å². The molecule has 5 heteroatoms. The number of carbonyl (C=O) groups is 1. The second-order valence-corrected chi connectivity index (χ2v) is 10.3. The van der Waals surface area contributed by atoms with E-state index in [1.54, 1.807) is 0 Å². The smallest absolute Gasteiger partial charge is 0.314 e. The van der Waals surface area contributed by atoms with Crippen LogP contribution in [-0.4, -0.2) is 12.6 Å². The SMILES string of the molecule is Cc1ccc(-c2oc3cc(C)cc(C)c3c(=O)c2OC(=O)CCOc2ccc(C(C)(C)C)cc2)cc1. The predicted octanol–water partition coefficient (Wildman–Crippen LogP) is 7.06. The molecule has 1 heterocycles. The van der Waals surface area contributed by atoms with Gasteiger partial charge in [0.15, 0.2) is 5.76 Å². The Bertz CT molecular complexity index is 1450. The molecule has 186 valence electrons. The highest BCUT2D eigenvalue weighted by atomic mass is 16.5. The molecular formula is C31H32O5. The molecule has 4 rings (SSSR count).